The molecule has 0 aliphatic heterocycles. The summed E-state index contributed by atoms with van der Waals surface area (Å²) in [7, 11) is 0. The van der Waals surface area contributed by atoms with Gasteiger partial charge in [-0.05, 0) is 50.3 Å². The molecular formula is C17H26N2O. The summed E-state index contributed by atoms with van der Waals surface area (Å²) in [5.74, 6) is 0.0286. The normalized spacial score (nSPS) is 17.8. The molecule has 0 bridgehead atoms. The van der Waals surface area contributed by atoms with Crippen LogP contribution in [0.1, 0.15) is 53.6 Å². The lowest BCUT2D eigenvalue weighted by molar-refractivity contribution is 0.0913. The fraction of sp³-hybridized carbons (Fsp3) is 0.588. The number of hydrogen-bond donors (Lipinski definition) is 2. The van der Waals surface area contributed by atoms with Crippen LogP contribution in [0.5, 0.6) is 0 Å². The highest BCUT2D eigenvalue weighted by Gasteiger charge is 2.31. The molecule has 1 aliphatic rings. The van der Waals surface area contributed by atoms with Crippen LogP contribution in [0.15, 0.2) is 18.2 Å². The minimum Gasteiger partial charge on any atom is -0.351 e. The van der Waals surface area contributed by atoms with Crippen LogP contribution in [-0.2, 0) is 0 Å². The molecule has 1 aromatic carbocycles. The maximum Gasteiger partial charge on any atom is 0.251 e. The van der Waals surface area contributed by atoms with Gasteiger partial charge in [0.1, 0.15) is 0 Å². The molecule has 0 aromatic heterocycles. The highest BCUT2D eigenvalue weighted by atomic mass is 16.1. The second-order valence-corrected chi connectivity index (χ2v) is 6.27. The zero-order chi connectivity index (χ0) is 14.6. The Morgan fingerprint density at radius 2 is 1.95 bits per heavy atom. The van der Waals surface area contributed by atoms with E-state index in [9.17, 15) is 4.79 Å². The first-order chi connectivity index (χ1) is 9.56. The fourth-order valence-electron chi connectivity index (χ4n) is 3.19. The van der Waals surface area contributed by atoms with Crippen molar-refractivity contribution in [3.8, 4) is 0 Å². The summed E-state index contributed by atoms with van der Waals surface area (Å²) in [6.45, 7) is 5.40. The predicted molar refractivity (Wildman–Crippen MR) is 82.8 cm³/mol. The maximum atomic E-state index is 12.3. The molecule has 0 spiro atoms. The van der Waals surface area contributed by atoms with Crippen molar-refractivity contribution >= 4 is 5.91 Å². The van der Waals surface area contributed by atoms with Crippen molar-refractivity contribution in [1.82, 2.24) is 5.32 Å². The Labute approximate surface area is 121 Å². The van der Waals surface area contributed by atoms with Crippen molar-refractivity contribution in [1.29, 1.82) is 0 Å². The molecule has 3 nitrogen and oxygen atoms in total. The number of nitrogens with one attached hydrogen (secondary N) is 1. The van der Waals surface area contributed by atoms with Crippen LogP contribution < -0.4 is 11.1 Å². The van der Waals surface area contributed by atoms with Gasteiger partial charge in [-0.25, -0.2) is 0 Å². The summed E-state index contributed by atoms with van der Waals surface area (Å²) in [6.07, 6.45) is 6.04. The van der Waals surface area contributed by atoms with Gasteiger partial charge < -0.3 is 11.1 Å². The maximum absolute atomic E-state index is 12.3. The Morgan fingerprint density at radius 1 is 1.25 bits per heavy atom. The lowest BCUT2D eigenvalue weighted by Gasteiger charge is -2.36. The zero-order valence-corrected chi connectivity index (χ0v) is 12.7. The Bertz CT molecular complexity index is 476. The van der Waals surface area contributed by atoms with E-state index in [1.165, 1.54) is 24.8 Å². The Hall–Kier alpha value is -1.35. The van der Waals surface area contributed by atoms with Crippen molar-refractivity contribution in [2.75, 3.05) is 13.1 Å². The van der Waals surface area contributed by atoms with E-state index in [1.54, 1.807) is 0 Å². The molecule has 110 valence electrons. The number of aryl methyl sites for hydroxylation is 2. The molecule has 1 fully saturated rings. The lowest BCUT2D eigenvalue weighted by Crippen LogP contribution is -2.43. The van der Waals surface area contributed by atoms with Gasteiger partial charge in [0.25, 0.3) is 5.91 Å². The van der Waals surface area contributed by atoms with Crippen LogP contribution in [0.3, 0.4) is 0 Å². The van der Waals surface area contributed by atoms with E-state index in [4.69, 9.17) is 5.73 Å². The van der Waals surface area contributed by atoms with Gasteiger partial charge in [0.2, 0.25) is 0 Å². The first kappa shape index (κ1) is 15.0. The molecule has 0 heterocycles. The van der Waals surface area contributed by atoms with E-state index in [1.807, 2.05) is 32.0 Å². The van der Waals surface area contributed by atoms with Crippen molar-refractivity contribution in [3.05, 3.63) is 34.9 Å². The highest BCUT2D eigenvalue weighted by Crippen LogP contribution is 2.34. The molecule has 20 heavy (non-hydrogen) atoms. The number of benzene rings is 1. The Morgan fingerprint density at radius 3 is 2.55 bits per heavy atom. The molecule has 1 aliphatic carbocycles. The van der Waals surface area contributed by atoms with Gasteiger partial charge in [0.05, 0.1) is 0 Å². The van der Waals surface area contributed by atoms with Crippen LogP contribution in [0.4, 0.5) is 0 Å². The number of carbonyl (C=O) groups is 1. The molecule has 0 saturated heterocycles. The van der Waals surface area contributed by atoms with E-state index < -0.39 is 0 Å². The number of rotatable bonds is 4. The van der Waals surface area contributed by atoms with Crippen LogP contribution in [0.25, 0.3) is 0 Å². The quantitative estimate of drug-likeness (QED) is 0.887. The molecule has 0 radical (unpaired) electrons. The SMILES string of the molecule is Cc1ccc(C(=O)NCC2(CN)CCCCC2)c(C)c1. The van der Waals surface area contributed by atoms with Crippen molar-refractivity contribution in [3.63, 3.8) is 0 Å². The third-order valence-corrected chi connectivity index (χ3v) is 4.60. The Kier molecular flexibility index (Phi) is 4.81. The summed E-state index contributed by atoms with van der Waals surface area (Å²) in [4.78, 5) is 12.3. The van der Waals surface area contributed by atoms with Crippen LogP contribution in [0, 0.1) is 19.3 Å². The fourth-order valence-corrected chi connectivity index (χ4v) is 3.19. The van der Waals surface area contributed by atoms with Crippen molar-refractivity contribution in [2.24, 2.45) is 11.1 Å². The third kappa shape index (κ3) is 3.40. The first-order valence-corrected chi connectivity index (χ1v) is 7.62. The predicted octanol–water partition coefficient (Wildman–Crippen LogP) is 2.94. The summed E-state index contributed by atoms with van der Waals surface area (Å²) < 4.78 is 0. The number of hydrogen-bond acceptors (Lipinski definition) is 2. The van der Waals surface area contributed by atoms with Gasteiger partial charge in [-0.3, -0.25) is 4.79 Å². The van der Waals surface area contributed by atoms with Crippen LogP contribution in [-0.4, -0.2) is 19.0 Å². The molecule has 0 unspecified atom stereocenters. The molecular weight excluding hydrogens is 248 g/mol. The van der Waals surface area contributed by atoms with E-state index in [0.29, 0.717) is 13.1 Å². The van der Waals surface area contributed by atoms with Crippen molar-refractivity contribution < 1.29 is 4.79 Å². The minimum atomic E-state index is 0.0286. The molecule has 0 atom stereocenters. The van der Waals surface area contributed by atoms with Crippen molar-refractivity contribution in [2.45, 2.75) is 46.0 Å². The smallest absolute Gasteiger partial charge is 0.251 e. The van der Waals surface area contributed by atoms with Crippen LogP contribution >= 0.6 is 0 Å². The van der Waals surface area contributed by atoms with Gasteiger partial charge >= 0.3 is 0 Å². The standard InChI is InChI=1S/C17H26N2O/c1-13-6-7-15(14(2)10-13)16(20)19-12-17(11-18)8-4-3-5-9-17/h6-7,10H,3-5,8-9,11-12,18H2,1-2H3,(H,19,20). The summed E-state index contributed by atoms with van der Waals surface area (Å²) in [6, 6.07) is 5.95. The van der Waals surface area contributed by atoms with Crippen LogP contribution in [0.2, 0.25) is 0 Å². The molecule has 3 heteroatoms. The monoisotopic (exact) mass is 274 g/mol. The average molecular weight is 274 g/mol. The van der Waals surface area contributed by atoms with E-state index >= 15 is 0 Å². The molecule has 1 saturated carbocycles. The second kappa shape index (κ2) is 6.40. The van der Waals surface area contributed by atoms with Gasteiger partial charge in [-0.2, -0.15) is 0 Å². The first-order valence-electron chi connectivity index (χ1n) is 7.62. The molecule has 2 rings (SSSR count). The highest BCUT2D eigenvalue weighted by molar-refractivity contribution is 5.95. The molecule has 3 N–H and O–H groups in total. The second-order valence-electron chi connectivity index (χ2n) is 6.27. The van der Waals surface area contributed by atoms with Gasteiger partial charge in [-0.15, -0.1) is 0 Å². The molecule has 1 amide bonds. The van der Waals surface area contributed by atoms with Gasteiger partial charge in [-0.1, -0.05) is 37.0 Å². The summed E-state index contributed by atoms with van der Waals surface area (Å²) in [5.41, 5.74) is 9.08. The number of carbonyl (C=O) groups excluding carboxylic acids is 1. The summed E-state index contributed by atoms with van der Waals surface area (Å²) in [5, 5.41) is 3.10. The molecule has 1 aromatic rings. The van der Waals surface area contributed by atoms with E-state index in [-0.39, 0.29) is 11.3 Å². The van der Waals surface area contributed by atoms with E-state index in [2.05, 4.69) is 5.32 Å². The number of amides is 1. The van der Waals surface area contributed by atoms with Gasteiger partial charge in [0.15, 0.2) is 0 Å². The largest absolute Gasteiger partial charge is 0.351 e. The Balaban J connectivity index is 2.00. The third-order valence-electron chi connectivity index (χ3n) is 4.60. The number of nitrogens with two attached hydrogens (primary N) is 1. The minimum absolute atomic E-state index is 0.0286. The van der Waals surface area contributed by atoms with Gasteiger partial charge in [0, 0.05) is 12.1 Å². The topological polar surface area (TPSA) is 55.1 Å². The summed E-state index contributed by atoms with van der Waals surface area (Å²) >= 11 is 0. The average Bonchev–Trinajstić information content (AvgIpc) is 2.46. The lowest BCUT2D eigenvalue weighted by atomic mass is 9.74. The zero-order valence-electron chi connectivity index (χ0n) is 12.7. The van der Waals surface area contributed by atoms with E-state index in [0.717, 1.165) is 24.0 Å².